The molecule has 1 aliphatic heterocycles. The van der Waals surface area contributed by atoms with E-state index in [0.29, 0.717) is 25.2 Å². The van der Waals surface area contributed by atoms with Gasteiger partial charge in [-0.1, -0.05) is 36.7 Å². The predicted octanol–water partition coefficient (Wildman–Crippen LogP) is 2.74. The van der Waals surface area contributed by atoms with Crippen LogP contribution in [0.3, 0.4) is 0 Å². The lowest BCUT2D eigenvalue weighted by molar-refractivity contribution is -0.122. The number of anilines is 1. The van der Waals surface area contributed by atoms with Crippen molar-refractivity contribution in [3.63, 3.8) is 0 Å². The van der Waals surface area contributed by atoms with Gasteiger partial charge in [0.25, 0.3) is 15.9 Å². The molecule has 0 radical (unpaired) electrons. The third-order valence-electron chi connectivity index (χ3n) is 4.90. The fourth-order valence-corrected chi connectivity index (χ4v) is 5.27. The summed E-state index contributed by atoms with van der Waals surface area (Å²) in [6, 6.07) is 10.6. The number of nitrogens with zero attached hydrogens (tertiary/aromatic N) is 1. The van der Waals surface area contributed by atoms with Gasteiger partial charge in [0.2, 0.25) is 5.91 Å². The van der Waals surface area contributed by atoms with Gasteiger partial charge in [-0.15, -0.1) is 0 Å². The Hall–Kier alpha value is -2.58. The summed E-state index contributed by atoms with van der Waals surface area (Å²) in [5.74, 6) is -0.857. The Bertz CT molecular complexity index is 1070. The molecule has 1 heterocycles. The van der Waals surface area contributed by atoms with Crippen LogP contribution in [0.25, 0.3) is 0 Å². The molecule has 0 aliphatic carbocycles. The van der Waals surface area contributed by atoms with Crippen molar-refractivity contribution < 1.29 is 18.0 Å². The van der Waals surface area contributed by atoms with Crippen molar-refractivity contribution in [2.24, 2.45) is 0 Å². The lowest BCUT2D eigenvalue weighted by Gasteiger charge is -2.21. The maximum absolute atomic E-state index is 13.3. The van der Waals surface area contributed by atoms with E-state index < -0.39 is 22.0 Å². The molecular formula is C21H24ClN3O4S. The van der Waals surface area contributed by atoms with Crippen LogP contribution < -0.4 is 14.9 Å². The average Bonchev–Trinajstić information content (AvgIpc) is 3.17. The van der Waals surface area contributed by atoms with Crippen LogP contribution in [-0.2, 0) is 21.2 Å². The summed E-state index contributed by atoms with van der Waals surface area (Å²) in [7, 11) is -3.95. The number of para-hydroxylation sites is 1. The summed E-state index contributed by atoms with van der Waals surface area (Å²) in [6.07, 6.45) is 1.39. The van der Waals surface area contributed by atoms with Crippen molar-refractivity contribution in [1.29, 1.82) is 0 Å². The molecule has 0 fully saturated rings. The average molecular weight is 450 g/mol. The molecule has 30 heavy (non-hydrogen) atoms. The van der Waals surface area contributed by atoms with E-state index in [1.165, 1.54) is 22.5 Å². The summed E-state index contributed by atoms with van der Waals surface area (Å²) < 4.78 is 27.9. The van der Waals surface area contributed by atoms with E-state index in [2.05, 4.69) is 10.6 Å². The molecule has 0 aromatic heterocycles. The van der Waals surface area contributed by atoms with Crippen LogP contribution in [-0.4, -0.2) is 39.4 Å². The van der Waals surface area contributed by atoms with Crippen LogP contribution in [0.2, 0.25) is 5.02 Å². The predicted molar refractivity (Wildman–Crippen MR) is 116 cm³/mol. The number of nitrogens with one attached hydrogen (secondary N) is 2. The minimum atomic E-state index is -3.95. The van der Waals surface area contributed by atoms with E-state index in [4.69, 9.17) is 11.6 Å². The maximum Gasteiger partial charge on any atom is 0.265 e. The number of carbonyl (C=O) groups is 2. The van der Waals surface area contributed by atoms with Crippen LogP contribution >= 0.6 is 11.6 Å². The molecule has 0 saturated heterocycles. The molecule has 2 aromatic rings. The molecule has 7 nitrogen and oxygen atoms in total. The first-order valence-electron chi connectivity index (χ1n) is 9.74. The van der Waals surface area contributed by atoms with E-state index in [9.17, 15) is 18.0 Å². The first-order valence-corrected chi connectivity index (χ1v) is 11.6. The summed E-state index contributed by atoms with van der Waals surface area (Å²) in [5, 5.41) is 5.32. The number of sulfonamides is 1. The van der Waals surface area contributed by atoms with Gasteiger partial charge >= 0.3 is 0 Å². The number of hydrogen-bond donors (Lipinski definition) is 2. The minimum absolute atomic E-state index is 0.0321. The molecule has 9 heteroatoms. The molecule has 160 valence electrons. The van der Waals surface area contributed by atoms with Gasteiger partial charge in [0.15, 0.2) is 0 Å². The zero-order valence-corrected chi connectivity index (χ0v) is 18.4. The minimum Gasteiger partial charge on any atom is -0.354 e. The highest BCUT2D eigenvalue weighted by Gasteiger charge is 2.32. The third kappa shape index (κ3) is 4.44. The molecule has 2 aromatic carbocycles. The number of rotatable bonds is 7. The molecule has 2 N–H and O–H groups in total. The van der Waals surface area contributed by atoms with Gasteiger partial charge in [-0.3, -0.25) is 13.9 Å². The second-order valence-corrected chi connectivity index (χ2v) is 9.33. The lowest BCUT2D eigenvalue weighted by Crippen LogP contribution is -2.45. The van der Waals surface area contributed by atoms with Crippen molar-refractivity contribution in [3.05, 3.63) is 58.6 Å². The number of fused-ring (bicyclic) bond motifs is 1. The van der Waals surface area contributed by atoms with Crippen molar-refractivity contribution in [1.82, 2.24) is 10.6 Å². The van der Waals surface area contributed by atoms with E-state index in [-0.39, 0.29) is 21.4 Å². The topological polar surface area (TPSA) is 95.6 Å². The monoisotopic (exact) mass is 449 g/mol. The molecule has 1 unspecified atom stereocenters. The van der Waals surface area contributed by atoms with E-state index >= 15 is 0 Å². The SMILES string of the molecule is CCCNC(=O)C(C)NC(=O)c1ccc(Cl)c(S(=O)(=O)N2CCc3ccccc32)c1. The van der Waals surface area contributed by atoms with Crippen LogP contribution in [0.5, 0.6) is 0 Å². The van der Waals surface area contributed by atoms with E-state index in [1.54, 1.807) is 19.1 Å². The quantitative estimate of drug-likeness (QED) is 0.679. The van der Waals surface area contributed by atoms with Crippen molar-refractivity contribution >= 4 is 39.1 Å². The second kappa shape index (κ2) is 9.06. The number of benzene rings is 2. The highest BCUT2D eigenvalue weighted by molar-refractivity contribution is 7.93. The first kappa shape index (κ1) is 22.1. The van der Waals surface area contributed by atoms with Crippen LogP contribution in [0, 0.1) is 0 Å². The van der Waals surface area contributed by atoms with Gasteiger partial charge < -0.3 is 10.6 Å². The van der Waals surface area contributed by atoms with Crippen LogP contribution in [0.4, 0.5) is 5.69 Å². The molecule has 1 atom stereocenters. The Labute approximate surface area is 181 Å². The molecule has 2 amide bonds. The fraction of sp³-hybridized carbons (Fsp3) is 0.333. The largest absolute Gasteiger partial charge is 0.354 e. The molecule has 0 saturated carbocycles. The van der Waals surface area contributed by atoms with Gasteiger partial charge in [-0.2, -0.15) is 0 Å². The van der Waals surface area contributed by atoms with Gasteiger partial charge in [0, 0.05) is 18.7 Å². The highest BCUT2D eigenvalue weighted by Crippen LogP contribution is 2.35. The lowest BCUT2D eigenvalue weighted by atomic mass is 10.2. The summed E-state index contributed by atoms with van der Waals surface area (Å²) in [6.45, 7) is 4.32. The van der Waals surface area contributed by atoms with Gasteiger partial charge in [-0.05, 0) is 49.6 Å². The smallest absolute Gasteiger partial charge is 0.265 e. The molecule has 0 spiro atoms. The van der Waals surface area contributed by atoms with Crippen LogP contribution in [0.1, 0.15) is 36.2 Å². The Morgan fingerprint density at radius 1 is 1.20 bits per heavy atom. The van der Waals surface area contributed by atoms with Crippen molar-refractivity contribution in [2.75, 3.05) is 17.4 Å². The first-order chi connectivity index (χ1) is 14.3. The van der Waals surface area contributed by atoms with Crippen molar-refractivity contribution in [2.45, 2.75) is 37.6 Å². The Kier molecular flexibility index (Phi) is 6.67. The zero-order valence-electron chi connectivity index (χ0n) is 16.8. The summed E-state index contributed by atoms with van der Waals surface area (Å²) in [4.78, 5) is 24.4. The molecule has 3 rings (SSSR count). The normalized spacial score (nSPS) is 14.2. The number of hydrogen-bond acceptors (Lipinski definition) is 4. The van der Waals surface area contributed by atoms with Crippen molar-refractivity contribution in [3.8, 4) is 0 Å². The van der Waals surface area contributed by atoms with E-state index in [0.717, 1.165) is 12.0 Å². The Morgan fingerprint density at radius 3 is 2.67 bits per heavy atom. The Morgan fingerprint density at radius 2 is 1.93 bits per heavy atom. The Balaban J connectivity index is 1.85. The van der Waals surface area contributed by atoms with Crippen LogP contribution in [0.15, 0.2) is 47.4 Å². The number of carbonyl (C=O) groups excluding carboxylic acids is 2. The summed E-state index contributed by atoms with van der Waals surface area (Å²) in [5.41, 5.74) is 1.67. The molecule has 1 aliphatic rings. The molecule has 0 bridgehead atoms. The standard InChI is InChI=1S/C21H24ClN3O4S/c1-3-11-23-20(26)14(2)24-21(27)16-8-9-17(22)19(13-16)30(28,29)25-12-10-15-6-4-5-7-18(15)25/h4-9,13-14H,3,10-12H2,1-2H3,(H,23,26)(H,24,27). The number of halogens is 1. The maximum atomic E-state index is 13.3. The zero-order chi connectivity index (χ0) is 21.9. The fourth-order valence-electron chi connectivity index (χ4n) is 3.27. The van der Waals surface area contributed by atoms with Gasteiger partial charge in [0.1, 0.15) is 10.9 Å². The number of amides is 2. The highest BCUT2D eigenvalue weighted by atomic mass is 35.5. The molecular weight excluding hydrogens is 426 g/mol. The third-order valence-corrected chi connectivity index (χ3v) is 7.19. The second-order valence-electron chi connectivity index (χ2n) is 7.09. The van der Waals surface area contributed by atoms with Gasteiger partial charge in [-0.25, -0.2) is 8.42 Å². The van der Waals surface area contributed by atoms with Gasteiger partial charge in [0.05, 0.1) is 10.7 Å². The summed E-state index contributed by atoms with van der Waals surface area (Å²) >= 11 is 6.20. The van der Waals surface area contributed by atoms with E-state index in [1.807, 2.05) is 19.1 Å².